The molecule has 0 saturated carbocycles. The molecule has 0 aliphatic heterocycles. The van der Waals surface area contributed by atoms with Crippen molar-refractivity contribution in [3.05, 3.63) is 54.0 Å². The number of hydrogen-bond donors (Lipinski definition) is 1. The van der Waals surface area contributed by atoms with Crippen LogP contribution in [-0.2, 0) is 6.42 Å². The number of aromatic nitrogens is 2. The third-order valence-electron chi connectivity index (χ3n) is 4.52. The third-order valence-corrected chi connectivity index (χ3v) is 4.52. The van der Waals surface area contributed by atoms with E-state index < -0.39 is 0 Å². The van der Waals surface area contributed by atoms with Gasteiger partial charge in [-0.3, -0.25) is 10.00 Å². The fourth-order valence-corrected chi connectivity index (χ4v) is 3.10. The summed E-state index contributed by atoms with van der Waals surface area (Å²) in [6.07, 6.45) is 10.5. The van der Waals surface area contributed by atoms with Gasteiger partial charge in [0, 0.05) is 17.3 Å². The molecule has 1 aliphatic rings. The zero-order valence-corrected chi connectivity index (χ0v) is 13.6. The van der Waals surface area contributed by atoms with Gasteiger partial charge in [0.25, 0.3) is 0 Å². The van der Waals surface area contributed by atoms with Crippen molar-refractivity contribution in [1.82, 2.24) is 15.1 Å². The van der Waals surface area contributed by atoms with Gasteiger partial charge in [0.2, 0.25) is 0 Å². The maximum Gasteiger partial charge on any atom is 0.123 e. The lowest BCUT2D eigenvalue weighted by Gasteiger charge is -2.27. The normalized spacial score (nSPS) is 17.8. The van der Waals surface area contributed by atoms with E-state index in [1.807, 2.05) is 0 Å². The Hall–Kier alpha value is -1.94. The first-order valence-corrected chi connectivity index (χ1v) is 8.39. The van der Waals surface area contributed by atoms with Gasteiger partial charge in [-0.25, -0.2) is 4.39 Å². The molecule has 122 valence electrons. The first kappa shape index (κ1) is 15.9. The molecular formula is C19H24FN3. The molecular weight excluding hydrogens is 289 g/mol. The van der Waals surface area contributed by atoms with Gasteiger partial charge >= 0.3 is 0 Å². The van der Waals surface area contributed by atoms with Crippen LogP contribution in [0.3, 0.4) is 0 Å². The van der Waals surface area contributed by atoms with Gasteiger partial charge in [-0.2, -0.15) is 5.10 Å². The molecule has 1 atom stereocenters. The van der Waals surface area contributed by atoms with Crippen LogP contribution in [0.4, 0.5) is 4.39 Å². The summed E-state index contributed by atoms with van der Waals surface area (Å²) in [4.78, 5) is 2.44. The van der Waals surface area contributed by atoms with Crippen molar-refractivity contribution < 1.29 is 4.39 Å². The van der Waals surface area contributed by atoms with Gasteiger partial charge in [-0.1, -0.05) is 12.2 Å². The van der Waals surface area contributed by atoms with E-state index in [0.717, 1.165) is 36.3 Å². The number of rotatable bonds is 6. The summed E-state index contributed by atoms with van der Waals surface area (Å²) in [5.41, 5.74) is 2.96. The molecule has 0 amide bonds. The van der Waals surface area contributed by atoms with E-state index in [-0.39, 0.29) is 5.82 Å². The lowest BCUT2D eigenvalue weighted by molar-refractivity contribution is 0.259. The van der Waals surface area contributed by atoms with Gasteiger partial charge in [0.15, 0.2) is 0 Å². The van der Waals surface area contributed by atoms with E-state index in [0.29, 0.717) is 6.04 Å². The fourth-order valence-electron chi connectivity index (χ4n) is 3.10. The molecule has 1 aromatic carbocycles. The van der Waals surface area contributed by atoms with Gasteiger partial charge in [-0.15, -0.1) is 0 Å². The number of aryl methyl sites for hydroxylation is 1. The van der Waals surface area contributed by atoms with Crippen LogP contribution in [0.5, 0.6) is 0 Å². The summed E-state index contributed by atoms with van der Waals surface area (Å²) < 4.78 is 13.0. The van der Waals surface area contributed by atoms with Crippen LogP contribution in [0, 0.1) is 5.82 Å². The Labute approximate surface area is 137 Å². The Bertz CT molecular complexity index is 645. The minimum Gasteiger partial charge on any atom is -0.300 e. The summed E-state index contributed by atoms with van der Waals surface area (Å²) in [6, 6.07) is 9.12. The van der Waals surface area contributed by atoms with Crippen LogP contribution >= 0.6 is 0 Å². The first-order chi connectivity index (χ1) is 11.2. The molecule has 0 radical (unpaired) electrons. The fraction of sp³-hybridized carbons (Fsp3) is 0.421. The predicted molar refractivity (Wildman–Crippen MR) is 91.7 cm³/mol. The Balaban J connectivity index is 1.50. The summed E-state index contributed by atoms with van der Waals surface area (Å²) in [5.74, 6) is -0.218. The molecule has 1 N–H and O–H groups in total. The van der Waals surface area contributed by atoms with Gasteiger partial charge in [0.05, 0.1) is 5.69 Å². The Morgan fingerprint density at radius 3 is 2.87 bits per heavy atom. The molecule has 0 bridgehead atoms. The molecule has 2 aromatic rings. The topological polar surface area (TPSA) is 31.9 Å². The number of halogens is 1. The predicted octanol–water partition coefficient (Wildman–Crippen LogP) is 4.19. The number of aromatic amines is 1. The van der Waals surface area contributed by atoms with E-state index in [2.05, 4.69) is 40.4 Å². The van der Waals surface area contributed by atoms with Crippen molar-refractivity contribution in [1.29, 1.82) is 0 Å². The maximum atomic E-state index is 13.0. The quantitative estimate of drug-likeness (QED) is 0.811. The van der Waals surface area contributed by atoms with Crippen molar-refractivity contribution in [3.63, 3.8) is 0 Å². The SMILES string of the molecule is CN(CCCc1cc(-c2ccc(F)cc2)n[nH]1)C1C=CCCC1. The maximum absolute atomic E-state index is 13.0. The second kappa shape index (κ2) is 7.55. The summed E-state index contributed by atoms with van der Waals surface area (Å²) >= 11 is 0. The number of hydrogen-bond acceptors (Lipinski definition) is 2. The molecule has 1 unspecified atom stereocenters. The van der Waals surface area contributed by atoms with Crippen molar-refractivity contribution in [2.75, 3.05) is 13.6 Å². The minimum absolute atomic E-state index is 0.218. The molecule has 1 heterocycles. The van der Waals surface area contributed by atoms with Crippen molar-refractivity contribution in [2.24, 2.45) is 0 Å². The molecule has 23 heavy (non-hydrogen) atoms. The average molecular weight is 313 g/mol. The summed E-state index contributed by atoms with van der Waals surface area (Å²) in [5, 5.41) is 7.43. The first-order valence-electron chi connectivity index (χ1n) is 8.39. The summed E-state index contributed by atoms with van der Waals surface area (Å²) in [7, 11) is 2.21. The lowest BCUT2D eigenvalue weighted by Crippen LogP contribution is -2.32. The van der Waals surface area contributed by atoms with E-state index in [4.69, 9.17) is 0 Å². The van der Waals surface area contributed by atoms with Crippen LogP contribution in [0.15, 0.2) is 42.5 Å². The second-order valence-corrected chi connectivity index (χ2v) is 6.30. The number of likely N-dealkylation sites (N-methyl/N-ethyl adjacent to an activating group) is 1. The highest BCUT2D eigenvalue weighted by Crippen LogP contribution is 2.19. The Morgan fingerprint density at radius 2 is 2.13 bits per heavy atom. The average Bonchev–Trinajstić information content (AvgIpc) is 3.05. The van der Waals surface area contributed by atoms with Crippen LogP contribution in [0.25, 0.3) is 11.3 Å². The smallest absolute Gasteiger partial charge is 0.123 e. The monoisotopic (exact) mass is 313 g/mol. The minimum atomic E-state index is -0.218. The zero-order valence-electron chi connectivity index (χ0n) is 13.6. The van der Waals surface area contributed by atoms with Gasteiger partial charge in [0.1, 0.15) is 5.82 Å². The van der Waals surface area contributed by atoms with Gasteiger partial charge < -0.3 is 0 Å². The van der Waals surface area contributed by atoms with E-state index in [1.54, 1.807) is 12.1 Å². The van der Waals surface area contributed by atoms with Crippen LogP contribution < -0.4 is 0 Å². The Kier molecular flexibility index (Phi) is 5.23. The van der Waals surface area contributed by atoms with E-state index in [9.17, 15) is 4.39 Å². The van der Waals surface area contributed by atoms with Crippen molar-refractivity contribution in [3.8, 4) is 11.3 Å². The summed E-state index contributed by atoms with van der Waals surface area (Å²) in [6.45, 7) is 1.08. The number of H-pyrrole nitrogens is 1. The second-order valence-electron chi connectivity index (χ2n) is 6.30. The number of benzene rings is 1. The molecule has 4 heteroatoms. The highest BCUT2D eigenvalue weighted by Gasteiger charge is 2.13. The van der Waals surface area contributed by atoms with Crippen molar-refractivity contribution in [2.45, 2.75) is 38.1 Å². The zero-order chi connectivity index (χ0) is 16.1. The molecule has 1 aromatic heterocycles. The molecule has 0 saturated heterocycles. The van der Waals surface area contributed by atoms with E-state index >= 15 is 0 Å². The van der Waals surface area contributed by atoms with Crippen LogP contribution in [0.1, 0.15) is 31.4 Å². The molecule has 0 fully saturated rings. The van der Waals surface area contributed by atoms with Crippen LogP contribution in [0.2, 0.25) is 0 Å². The molecule has 1 aliphatic carbocycles. The highest BCUT2D eigenvalue weighted by molar-refractivity contribution is 5.58. The van der Waals surface area contributed by atoms with Crippen molar-refractivity contribution >= 4 is 0 Å². The number of nitrogens with one attached hydrogen (secondary N) is 1. The third kappa shape index (κ3) is 4.29. The Morgan fingerprint density at radius 1 is 1.30 bits per heavy atom. The molecule has 3 nitrogen and oxygen atoms in total. The molecule has 3 rings (SSSR count). The number of nitrogens with zero attached hydrogens (tertiary/aromatic N) is 2. The largest absolute Gasteiger partial charge is 0.300 e. The number of allylic oxidation sites excluding steroid dienone is 1. The van der Waals surface area contributed by atoms with E-state index in [1.165, 1.54) is 31.4 Å². The molecule has 0 spiro atoms. The highest BCUT2D eigenvalue weighted by atomic mass is 19.1. The van der Waals surface area contributed by atoms with Gasteiger partial charge in [-0.05, 0) is 76.0 Å². The lowest BCUT2D eigenvalue weighted by atomic mass is 10.0. The van der Waals surface area contributed by atoms with Crippen LogP contribution in [-0.4, -0.2) is 34.7 Å². The standard InChI is InChI=1S/C19H24FN3/c1-23(18-7-3-2-4-8-18)13-5-6-17-14-19(22-21-17)15-9-11-16(20)12-10-15/h3,7,9-12,14,18H,2,4-6,8,13H2,1H3,(H,21,22).